The molecule has 0 heterocycles. The Morgan fingerprint density at radius 2 is 1.50 bits per heavy atom. The lowest BCUT2D eigenvalue weighted by Crippen LogP contribution is -2.31. The summed E-state index contributed by atoms with van der Waals surface area (Å²) in [5.74, 6) is 0. The van der Waals surface area contributed by atoms with Crippen LogP contribution in [0.15, 0.2) is 0 Å². The highest BCUT2D eigenvalue weighted by Gasteiger charge is 2.28. The number of likely N-dealkylation sites (N-methyl/N-ethyl adjacent to an activating group) is 1. The molecule has 138 valence electrons. The average molecular weight is 389 g/mol. The number of nitrogens with zero attached hydrogens (tertiary/aromatic N) is 2. The third-order valence-electron chi connectivity index (χ3n) is 4.08. The van der Waals surface area contributed by atoms with Crippen molar-refractivity contribution < 1.29 is 4.74 Å². The van der Waals surface area contributed by atoms with Crippen molar-refractivity contribution in [3.8, 4) is 0 Å². The Labute approximate surface area is 163 Å². The number of thiol groups is 1. The van der Waals surface area contributed by atoms with Crippen LogP contribution in [0.25, 0.3) is 0 Å². The minimum Gasteiger partial charge on any atom is -0.378 e. The minimum atomic E-state index is -0.259. The molecule has 0 saturated carbocycles. The van der Waals surface area contributed by atoms with E-state index in [2.05, 4.69) is 50.1 Å². The summed E-state index contributed by atoms with van der Waals surface area (Å²) in [6.07, 6.45) is 2.38. The third-order valence-corrected chi connectivity index (χ3v) is 5.24. The summed E-state index contributed by atoms with van der Waals surface area (Å²) in [6, 6.07) is 0. The van der Waals surface area contributed by atoms with Crippen LogP contribution in [-0.4, -0.2) is 51.3 Å². The fourth-order valence-corrected chi connectivity index (χ4v) is 3.99. The maximum atomic E-state index is 5.83. The van der Waals surface area contributed by atoms with E-state index in [9.17, 15) is 0 Å². The lowest BCUT2D eigenvalue weighted by molar-refractivity contribution is 0.108. The first-order valence-electron chi connectivity index (χ1n) is 8.81. The van der Waals surface area contributed by atoms with Crippen LogP contribution in [0.5, 0.6) is 0 Å². The molecule has 0 aliphatic heterocycles. The standard InChI is InChI=1S/C18H32N2OS3/c1-6-8-20(9-7-2)11-13-21-12-10-19(5)15-14(18(3,4)24)16(22)17(15)23/h24H,6-13H2,1-5H3. The topological polar surface area (TPSA) is 15.7 Å². The molecule has 6 heteroatoms. The normalized spacial score (nSPS) is 12.3. The quantitative estimate of drug-likeness (QED) is 0.314. The van der Waals surface area contributed by atoms with Crippen molar-refractivity contribution in [3.63, 3.8) is 0 Å². The van der Waals surface area contributed by atoms with Crippen molar-refractivity contribution in [1.82, 2.24) is 4.90 Å². The van der Waals surface area contributed by atoms with Crippen LogP contribution in [0.2, 0.25) is 0 Å². The lowest BCUT2D eigenvalue weighted by atomic mass is 9.95. The van der Waals surface area contributed by atoms with E-state index in [0.29, 0.717) is 6.61 Å². The molecule has 0 aliphatic carbocycles. The van der Waals surface area contributed by atoms with E-state index in [0.717, 1.165) is 53.1 Å². The van der Waals surface area contributed by atoms with Gasteiger partial charge in [0.05, 0.1) is 27.9 Å². The van der Waals surface area contributed by atoms with Crippen LogP contribution in [0.4, 0.5) is 5.69 Å². The van der Waals surface area contributed by atoms with E-state index in [1.54, 1.807) is 0 Å². The van der Waals surface area contributed by atoms with Crippen LogP contribution in [0.3, 0.4) is 0 Å². The summed E-state index contributed by atoms with van der Waals surface area (Å²) in [5.41, 5.74) is 2.16. The Bertz CT molecular complexity index is 567. The van der Waals surface area contributed by atoms with Gasteiger partial charge in [-0.1, -0.05) is 38.3 Å². The highest BCUT2D eigenvalue weighted by Crippen LogP contribution is 2.41. The van der Waals surface area contributed by atoms with E-state index >= 15 is 0 Å². The zero-order valence-corrected chi connectivity index (χ0v) is 18.3. The molecule has 0 spiro atoms. The molecule has 0 N–H and O–H groups in total. The maximum absolute atomic E-state index is 5.83. The van der Waals surface area contributed by atoms with Crippen molar-refractivity contribution in [2.75, 3.05) is 51.3 Å². The number of hydrogen-bond acceptors (Lipinski definition) is 6. The Balaban J connectivity index is 2.43. The van der Waals surface area contributed by atoms with Crippen LogP contribution in [-0.2, 0) is 9.48 Å². The van der Waals surface area contributed by atoms with E-state index in [4.69, 9.17) is 29.2 Å². The zero-order valence-electron chi connectivity index (χ0n) is 15.7. The summed E-state index contributed by atoms with van der Waals surface area (Å²) >= 11 is 15.5. The van der Waals surface area contributed by atoms with Crippen LogP contribution in [0.1, 0.15) is 46.1 Å². The van der Waals surface area contributed by atoms with Gasteiger partial charge in [0.15, 0.2) is 0 Å². The Hall–Kier alpha value is -0.0100. The second-order valence-corrected chi connectivity index (χ2v) is 8.75. The molecule has 0 bridgehead atoms. The second-order valence-electron chi connectivity index (χ2n) is 6.82. The van der Waals surface area contributed by atoms with Crippen LogP contribution < -0.4 is 4.90 Å². The van der Waals surface area contributed by atoms with Gasteiger partial charge in [-0.25, -0.2) is 0 Å². The van der Waals surface area contributed by atoms with Crippen LogP contribution in [0, 0.1) is 9.02 Å². The van der Waals surface area contributed by atoms with Gasteiger partial charge >= 0.3 is 0 Å². The molecule has 1 aromatic carbocycles. The Morgan fingerprint density at radius 1 is 0.958 bits per heavy atom. The predicted molar refractivity (Wildman–Crippen MR) is 114 cm³/mol. The first kappa shape index (κ1) is 22.0. The number of anilines is 1. The third kappa shape index (κ3) is 6.06. The summed E-state index contributed by atoms with van der Waals surface area (Å²) in [7, 11) is 2.05. The average Bonchev–Trinajstić information content (AvgIpc) is 2.50. The second kappa shape index (κ2) is 10.2. The lowest BCUT2D eigenvalue weighted by Gasteiger charge is -2.31. The van der Waals surface area contributed by atoms with Gasteiger partial charge in [-0.2, -0.15) is 12.6 Å². The molecule has 24 heavy (non-hydrogen) atoms. The van der Waals surface area contributed by atoms with Gasteiger partial charge in [0.2, 0.25) is 0 Å². The molecule has 0 fully saturated rings. The molecular formula is C18H32N2OS3. The number of rotatable bonds is 12. The first-order valence-corrected chi connectivity index (χ1v) is 10.1. The van der Waals surface area contributed by atoms with E-state index in [1.807, 2.05) is 7.05 Å². The highest BCUT2D eigenvalue weighted by molar-refractivity contribution is 7.81. The Morgan fingerprint density at radius 3 is 2.00 bits per heavy atom. The fourth-order valence-electron chi connectivity index (χ4n) is 2.89. The molecule has 0 aliphatic rings. The summed E-state index contributed by atoms with van der Waals surface area (Å²) < 4.78 is 7.16. The molecule has 1 rings (SSSR count). The van der Waals surface area contributed by atoms with Crippen molar-refractivity contribution in [2.45, 2.75) is 45.3 Å². The van der Waals surface area contributed by atoms with E-state index in [-0.39, 0.29) is 4.75 Å². The van der Waals surface area contributed by atoms with Gasteiger partial charge in [-0.05, 0) is 39.8 Å². The predicted octanol–water partition coefficient (Wildman–Crippen LogP) is 4.76. The van der Waals surface area contributed by atoms with Crippen molar-refractivity contribution in [2.24, 2.45) is 0 Å². The van der Waals surface area contributed by atoms with Crippen LogP contribution >= 0.6 is 37.1 Å². The zero-order chi connectivity index (χ0) is 18.3. The van der Waals surface area contributed by atoms with E-state index in [1.165, 1.54) is 12.8 Å². The summed E-state index contributed by atoms with van der Waals surface area (Å²) in [5, 5.41) is 0. The summed E-state index contributed by atoms with van der Waals surface area (Å²) in [4.78, 5) is 4.62. The molecule has 3 nitrogen and oxygen atoms in total. The molecule has 0 unspecified atom stereocenters. The van der Waals surface area contributed by atoms with Gasteiger partial charge in [0, 0.05) is 30.4 Å². The minimum absolute atomic E-state index is 0.259. The van der Waals surface area contributed by atoms with Gasteiger partial charge in [0.1, 0.15) is 0 Å². The number of hydrogen-bond donors (Lipinski definition) is 1. The van der Waals surface area contributed by atoms with Crippen molar-refractivity contribution in [1.29, 1.82) is 0 Å². The van der Waals surface area contributed by atoms with Gasteiger partial charge in [0.25, 0.3) is 0 Å². The van der Waals surface area contributed by atoms with Gasteiger partial charge in [-0.3, -0.25) is 0 Å². The van der Waals surface area contributed by atoms with Crippen molar-refractivity contribution >= 4 is 42.8 Å². The van der Waals surface area contributed by atoms with Gasteiger partial charge < -0.3 is 14.5 Å². The Kier molecular flexibility index (Phi) is 9.38. The monoisotopic (exact) mass is 388 g/mol. The largest absolute Gasteiger partial charge is 0.378 e. The molecular weight excluding hydrogens is 356 g/mol. The maximum Gasteiger partial charge on any atom is 0.0799 e. The summed E-state index contributed by atoms with van der Waals surface area (Å²) in [6.45, 7) is 14.1. The molecule has 0 saturated heterocycles. The smallest absolute Gasteiger partial charge is 0.0799 e. The molecule has 0 radical (unpaired) electrons. The SMILES string of the molecule is CCCN(CCC)CCOCCN(C)c1c(C(C)(C)S)c(=S)c1=S. The molecule has 0 aromatic heterocycles. The number of ether oxygens (including phenoxy) is 1. The molecule has 0 amide bonds. The van der Waals surface area contributed by atoms with E-state index < -0.39 is 0 Å². The van der Waals surface area contributed by atoms with Crippen molar-refractivity contribution in [3.05, 3.63) is 14.6 Å². The fraction of sp³-hybridized carbons (Fsp3) is 0.778. The molecule has 1 aromatic rings. The first-order chi connectivity index (χ1) is 11.2. The highest BCUT2D eigenvalue weighted by atomic mass is 32.1. The molecule has 0 atom stereocenters. The van der Waals surface area contributed by atoms with Gasteiger partial charge in [-0.15, -0.1) is 0 Å².